The predicted octanol–water partition coefficient (Wildman–Crippen LogP) is 11.8. The number of benzene rings is 5. The summed E-state index contributed by atoms with van der Waals surface area (Å²) >= 11 is 19.9. The summed E-state index contributed by atoms with van der Waals surface area (Å²) in [5.41, 5.74) is 2.91. The lowest BCUT2D eigenvalue weighted by atomic mass is 10.0. The van der Waals surface area contributed by atoms with Crippen molar-refractivity contribution in [3.05, 3.63) is 152 Å². The first-order valence-electron chi connectivity index (χ1n) is 11.5. The number of carboxylic acid groups (broad SMARTS) is 1. The van der Waals surface area contributed by atoms with Gasteiger partial charge in [0, 0.05) is 4.47 Å². The van der Waals surface area contributed by atoms with Gasteiger partial charge in [0.15, 0.2) is 5.82 Å². The minimum Gasteiger partial charge on any atom is -0.478 e. The molecule has 212 valence electrons. The first-order valence-corrected chi connectivity index (χ1v) is 13.4. The lowest BCUT2D eigenvalue weighted by molar-refractivity contribution is 0.0692. The van der Waals surface area contributed by atoms with E-state index >= 15 is 0 Å². The molecule has 5 rings (SSSR count). The molecular weight excluding hydrogens is 774 g/mol. The lowest BCUT2D eigenvalue weighted by Gasteiger charge is -2.06. The van der Waals surface area contributed by atoms with Gasteiger partial charge in [0.25, 0.3) is 0 Å². The Hall–Kier alpha value is -2.56. The van der Waals surface area contributed by atoms with E-state index in [1.807, 2.05) is 48.5 Å². The number of halogens is 8. The molecule has 1 N–H and O–H groups in total. The highest BCUT2D eigenvalue weighted by Crippen LogP contribution is 2.28. The van der Waals surface area contributed by atoms with E-state index in [0.29, 0.717) is 5.56 Å². The second-order valence-electron chi connectivity index (χ2n) is 8.04. The third kappa shape index (κ3) is 10.3. The minimum atomic E-state index is -1.33. The lowest BCUT2D eigenvalue weighted by Crippen LogP contribution is -2.01. The van der Waals surface area contributed by atoms with Crippen LogP contribution in [0.3, 0.4) is 0 Å². The monoisotopic (exact) mass is 792 g/mol. The number of rotatable bonds is 3. The molecule has 0 amide bonds. The maximum atomic E-state index is 13.4. The third-order valence-electron chi connectivity index (χ3n) is 5.27. The van der Waals surface area contributed by atoms with Gasteiger partial charge >= 0.3 is 5.97 Å². The predicted molar refractivity (Wildman–Crippen MR) is 175 cm³/mol. The van der Waals surface area contributed by atoms with Crippen molar-refractivity contribution in [3.63, 3.8) is 0 Å². The van der Waals surface area contributed by atoms with E-state index < -0.39 is 17.3 Å². The molecule has 0 fully saturated rings. The number of hydrogen-bond acceptors (Lipinski definition) is 1. The van der Waals surface area contributed by atoms with Crippen molar-refractivity contribution < 1.29 is 23.1 Å². The van der Waals surface area contributed by atoms with Crippen LogP contribution in [0.1, 0.15) is 10.4 Å². The van der Waals surface area contributed by atoms with E-state index in [1.54, 1.807) is 30.3 Å². The first-order chi connectivity index (χ1) is 19.1. The van der Waals surface area contributed by atoms with E-state index in [4.69, 9.17) is 39.9 Å². The summed E-state index contributed by atoms with van der Waals surface area (Å²) in [6.45, 7) is 0. The fourth-order valence-electron chi connectivity index (χ4n) is 3.32. The van der Waals surface area contributed by atoms with Crippen LogP contribution in [0.2, 0.25) is 15.1 Å². The molecule has 0 spiro atoms. The summed E-state index contributed by atoms with van der Waals surface area (Å²) in [5, 5.41) is 8.97. The highest BCUT2D eigenvalue weighted by molar-refractivity contribution is 14.0. The molecule has 5 aromatic rings. The Morgan fingerprint density at radius 1 is 0.585 bits per heavy atom. The van der Waals surface area contributed by atoms with Crippen LogP contribution in [-0.2, 0) is 0 Å². The number of carbonyl (C=O) groups is 1. The normalized spacial score (nSPS) is 9.83. The molecule has 0 saturated carbocycles. The van der Waals surface area contributed by atoms with Crippen LogP contribution in [-0.4, -0.2) is 11.1 Å². The van der Waals surface area contributed by atoms with E-state index in [-0.39, 0.29) is 50.7 Å². The Morgan fingerprint density at radius 3 is 1.51 bits per heavy atom. The zero-order valence-corrected chi connectivity index (χ0v) is 27.0. The van der Waals surface area contributed by atoms with E-state index in [1.165, 1.54) is 30.3 Å². The van der Waals surface area contributed by atoms with E-state index in [2.05, 4.69) is 15.9 Å². The summed E-state index contributed by atoms with van der Waals surface area (Å²) in [6.07, 6.45) is 0. The summed E-state index contributed by atoms with van der Waals surface area (Å²) in [7, 11) is 0. The number of aromatic carboxylic acids is 1. The van der Waals surface area contributed by atoms with E-state index in [0.717, 1.165) is 21.2 Å². The standard InChI is InChI=1S/C13H8ClFO2.C12H8ClF.C6H3BrClF.HI/c14-11-7-9(8-4-2-1-3-5-8)6-10(12(11)15)13(16)17;13-11-8-10(6-7-12(11)14)9-4-2-1-3-5-9;7-4-1-2-6(9)5(8)3-4;/h1-7H,(H,16,17);1-8H;1-3H;1H. The largest absolute Gasteiger partial charge is 0.478 e. The van der Waals surface area contributed by atoms with Gasteiger partial charge in [-0.1, -0.05) is 117 Å². The first kappa shape index (κ1) is 34.6. The van der Waals surface area contributed by atoms with Gasteiger partial charge in [-0.2, -0.15) is 0 Å². The van der Waals surface area contributed by atoms with Gasteiger partial charge in [-0.3, -0.25) is 0 Å². The Morgan fingerprint density at radius 2 is 1.05 bits per heavy atom. The smallest absolute Gasteiger partial charge is 0.338 e. The van der Waals surface area contributed by atoms with Crippen LogP contribution in [0.25, 0.3) is 22.3 Å². The number of hydrogen-bond donors (Lipinski definition) is 1. The zero-order chi connectivity index (χ0) is 29.2. The molecule has 0 bridgehead atoms. The number of carboxylic acids is 1. The van der Waals surface area contributed by atoms with Crippen molar-refractivity contribution in [3.8, 4) is 22.3 Å². The summed E-state index contributed by atoms with van der Waals surface area (Å²) in [5.74, 6) is -3.01. The summed E-state index contributed by atoms with van der Waals surface area (Å²) in [4.78, 5) is 10.9. The van der Waals surface area contributed by atoms with Gasteiger partial charge in [-0.25, -0.2) is 18.0 Å². The molecule has 5 aromatic carbocycles. The van der Waals surface area contributed by atoms with Gasteiger partial charge in [0.1, 0.15) is 11.6 Å². The van der Waals surface area contributed by atoms with Crippen molar-refractivity contribution in [1.82, 2.24) is 0 Å². The zero-order valence-electron chi connectivity index (χ0n) is 20.8. The average Bonchev–Trinajstić information content (AvgIpc) is 2.95. The minimum absolute atomic E-state index is 0. The Bertz CT molecular complexity index is 1610. The van der Waals surface area contributed by atoms with Crippen LogP contribution in [0, 0.1) is 17.5 Å². The summed E-state index contributed by atoms with van der Waals surface area (Å²) < 4.78 is 39.4. The second kappa shape index (κ2) is 16.8. The van der Waals surface area contributed by atoms with Gasteiger partial charge in [0.05, 0.1) is 20.6 Å². The molecular formula is C31H20BrCl3F3IO2. The second-order valence-corrected chi connectivity index (χ2v) is 10.2. The SMILES string of the molecule is Fc1ccc(-c2ccccc2)cc1Cl.Fc1ccc(Br)cc1Cl.I.O=C(O)c1cc(-c2ccccc2)cc(Cl)c1F. The Kier molecular flexibility index (Phi) is 14.2. The highest BCUT2D eigenvalue weighted by Gasteiger charge is 2.15. The average molecular weight is 795 g/mol. The Balaban J connectivity index is 0.000000222. The topological polar surface area (TPSA) is 37.3 Å². The van der Waals surface area contributed by atoms with Crippen LogP contribution in [0.5, 0.6) is 0 Å². The maximum absolute atomic E-state index is 13.4. The van der Waals surface area contributed by atoms with Gasteiger partial charge in [0.2, 0.25) is 0 Å². The summed E-state index contributed by atoms with van der Waals surface area (Å²) in [6, 6.07) is 30.6. The third-order valence-corrected chi connectivity index (χ3v) is 6.62. The molecule has 0 aromatic heterocycles. The van der Waals surface area contributed by atoms with Crippen molar-refractivity contribution in [2.75, 3.05) is 0 Å². The fraction of sp³-hybridized carbons (Fsp3) is 0. The van der Waals surface area contributed by atoms with Gasteiger partial charge < -0.3 is 5.11 Å². The molecule has 0 radical (unpaired) electrons. The van der Waals surface area contributed by atoms with Crippen LogP contribution < -0.4 is 0 Å². The fourth-order valence-corrected chi connectivity index (χ4v) is 4.39. The molecule has 0 heterocycles. The van der Waals surface area contributed by atoms with Crippen LogP contribution in [0.4, 0.5) is 13.2 Å². The molecule has 0 aliphatic carbocycles. The molecule has 2 nitrogen and oxygen atoms in total. The molecule has 41 heavy (non-hydrogen) atoms. The highest BCUT2D eigenvalue weighted by atomic mass is 127. The van der Waals surface area contributed by atoms with Crippen molar-refractivity contribution in [2.45, 2.75) is 0 Å². The van der Waals surface area contributed by atoms with Crippen molar-refractivity contribution in [1.29, 1.82) is 0 Å². The molecule has 0 aliphatic heterocycles. The molecule has 0 atom stereocenters. The maximum Gasteiger partial charge on any atom is 0.338 e. The van der Waals surface area contributed by atoms with Gasteiger partial charge in [-0.15, -0.1) is 24.0 Å². The molecule has 10 heteroatoms. The van der Waals surface area contributed by atoms with Crippen molar-refractivity contribution >= 4 is 80.7 Å². The molecule has 0 unspecified atom stereocenters. The quantitative estimate of drug-likeness (QED) is 0.146. The molecule has 0 saturated heterocycles. The van der Waals surface area contributed by atoms with Crippen LogP contribution >= 0.6 is 74.7 Å². The Labute approximate surface area is 275 Å². The van der Waals surface area contributed by atoms with Gasteiger partial charge in [-0.05, 0) is 64.7 Å². The van der Waals surface area contributed by atoms with E-state index in [9.17, 15) is 18.0 Å². The van der Waals surface area contributed by atoms with Crippen LogP contribution in [0.15, 0.2) is 114 Å². The van der Waals surface area contributed by atoms with Crippen molar-refractivity contribution in [2.24, 2.45) is 0 Å². The molecule has 0 aliphatic rings.